The number of halogens is 1. The first kappa shape index (κ1) is 23.6. The van der Waals surface area contributed by atoms with E-state index in [1.807, 2.05) is 24.3 Å². The average Bonchev–Trinajstić information content (AvgIpc) is 2.88. The van der Waals surface area contributed by atoms with Gasteiger partial charge in [0, 0.05) is 18.0 Å². The van der Waals surface area contributed by atoms with Gasteiger partial charge in [-0.15, -0.1) is 0 Å². The number of primary amides is 1. The summed E-state index contributed by atoms with van der Waals surface area (Å²) in [5.74, 6) is -0.345. The standard InChI is InChI=1S/C27H23FN4O3/c28-20-9-13-22(14-10-20)35-21-11-7-19(8-12-21)23-4-1-5-25(31-23)27(34)32-24(26(29)33)15-6-18-3-2-16-30-17-18/h1-5,7-14,16-17,24H,6,15H2,(H2,29,33)(H,32,34)/t24-/m0/s1. The average molecular weight is 471 g/mol. The van der Waals surface area contributed by atoms with Gasteiger partial charge in [0.15, 0.2) is 0 Å². The van der Waals surface area contributed by atoms with Crippen LogP contribution in [0.15, 0.2) is 91.3 Å². The van der Waals surface area contributed by atoms with Crippen LogP contribution >= 0.6 is 0 Å². The summed E-state index contributed by atoms with van der Waals surface area (Å²) >= 11 is 0. The van der Waals surface area contributed by atoms with E-state index in [9.17, 15) is 14.0 Å². The molecule has 2 aromatic carbocycles. The summed E-state index contributed by atoms with van der Waals surface area (Å²) in [6.45, 7) is 0. The molecule has 0 aliphatic heterocycles. The lowest BCUT2D eigenvalue weighted by Crippen LogP contribution is -2.45. The molecule has 0 aliphatic rings. The van der Waals surface area contributed by atoms with E-state index in [1.54, 1.807) is 54.9 Å². The molecule has 0 spiro atoms. The van der Waals surface area contributed by atoms with Gasteiger partial charge in [0.05, 0.1) is 5.69 Å². The van der Waals surface area contributed by atoms with Crippen LogP contribution in [0.1, 0.15) is 22.5 Å². The summed E-state index contributed by atoms with van der Waals surface area (Å²) in [6.07, 6.45) is 4.27. The first-order chi connectivity index (χ1) is 17.0. The summed E-state index contributed by atoms with van der Waals surface area (Å²) in [5, 5.41) is 2.68. The van der Waals surface area contributed by atoms with E-state index in [-0.39, 0.29) is 11.5 Å². The lowest BCUT2D eigenvalue weighted by atomic mass is 10.1. The minimum atomic E-state index is -0.837. The van der Waals surface area contributed by atoms with Crippen molar-refractivity contribution in [2.45, 2.75) is 18.9 Å². The second-order valence-corrected chi connectivity index (χ2v) is 7.82. The molecule has 2 aromatic heterocycles. The maximum Gasteiger partial charge on any atom is 0.270 e. The van der Waals surface area contributed by atoms with Crippen molar-refractivity contribution in [1.29, 1.82) is 0 Å². The van der Waals surface area contributed by atoms with Crippen LogP contribution in [0.5, 0.6) is 11.5 Å². The summed E-state index contributed by atoms with van der Waals surface area (Å²) in [7, 11) is 0. The van der Waals surface area contributed by atoms with E-state index in [4.69, 9.17) is 10.5 Å². The second-order valence-electron chi connectivity index (χ2n) is 7.82. The van der Waals surface area contributed by atoms with Gasteiger partial charge in [-0.3, -0.25) is 14.6 Å². The Morgan fingerprint density at radius 1 is 0.943 bits per heavy atom. The molecular weight excluding hydrogens is 447 g/mol. The quantitative estimate of drug-likeness (QED) is 0.379. The van der Waals surface area contributed by atoms with E-state index in [0.29, 0.717) is 30.0 Å². The van der Waals surface area contributed by atoms with Gasteiger partial charge >= 0.3 is 0 Å². The van der Waals surface area contributed by atoms with Crippen molar-refractivity contribution in [2.75, 3.05) is 0 Å². The van der Waals surface area contributed by atoms with E-state index < -0.39 is 17.9 Å². The molecule has 8 heteroatoms. The SMILES string of the molecule is NC(=O)[C@H](CCc1cccnc1)NC(=O)c1cccc(-c2ccc(Oc3ccc(F)cc3)cc2)n1. The number of nitrogens with one attached hydrogen (secondary N) is 1. The fourth-order valence-electron chi connectivity index (χ4n) is 3.43. The Morgan fingerprint density at radius 2 is 1.66 bits per heavy atom. The summed E-state index contributed by atoms with van der Waals surface area (Å²) in [6, 6.07) is 20.8. The number of nitrogens with zero attached hydrogens (tertiary/aromatic N) is 2. The molecule has 0 fully saturated rings. The normalized spacial score (nSPS) is 11.5. The number of amides is 2. The lowest BCUT2D eigenvalue weighted by Gasteiger charge is -2.15. The van der Waals surface area contributed by atoms with Crippen molar-refractivity contribution in [1.82, 2.24) is 15.3 Å². The van der Waals surface area contributed by atoms with Crippen molar-refractivity contribution >= 4 is 11.8 Å². The molecule has 0 unspecified atom stereocenters. The molecule has 0 saturated carbocycles. The van der Waals surface area contributed by atoms with Crippen molar-refractivity contribution in [3.8, 4) is 22.8 Å². The van der Waals surface area contributed by atoms with Gasteiger partial charge in [-0.25, -0.2) is 9.37 Å². The molecule has 3 N–H and O–H groups in total. The molecule has 0 saturated heterocycles. The minimum Gasteiger partial charge on any atom is -0.457 e. The molecule has 7 nitrogen and oxygen atoms in total. The number of pyridine rings is 2. The first-order valence-corrected chi connectivity index (χ1v) is 11.0. The third kappa shape index (κ3) is 6.48. The van der Waals surface area contributed by atoms with Crippen LogP contribution < -0.4 is 15.8 Å². The first-order valence-electron chi connectivity index (χ1n) is 11.0. The number of nitrogens with two attached hydrogens (primary N) is 1. The smallest absolute Gasteiger partial charge is 0.270 e. The Morgan fingerprint density at radius 3 is 2.31 bits per heavy atom. The van der Waals surface area contributed by atoms with Crippen LogP contribution in [-0.4, -0.2) is 27.8 Å². The van der Waals surface area contributed by atoms with Crippen molar-refractivity contribution in [3.63, 3.8) is 0 Å². The molecule has 35 heavy (non-hydrogen) atoms. The van der Waals surface area contributed by atoms with Gasteiger partial charge in [0.1, 0.15) is 29.1 Å². The maximum absolute atomic E-state index is 13.1. The highest BCUT2D eigenvalue weighted by atomic mass is 19.1. The number of rotatable bonds is 9. The topological polar surface area (TPSA) is 107 Å². The number of hydrogen-bond acceptors (Lipinski definition) is 5. The number of aryl methyl sites for hydroxylation is 1. The van der Waals surface area contributed by atoms with Crippen LogP contribution in [-0.2, 0) is 11.2 Å². The predicted molar refractivity (Wildman–Crippen MR) is 129 cm³/mol. The summed E-state index contributed by atoms with van der Waals surface area (Å²) < 4.78 is 18.8. The van der Waals surface area contributed by atoms with Crippen molar-refractivity contribution in [2.24, 2.45) is 5.73 Å². The highest BCUT2D eigenvalue weighted by molar-refractivity contribution is 5.96. The van der Waals surface area contributed by atoms with Gasteiger partial charge in [-0.05, 0) is 85.1 Å². The monoisotopic (exact) mass is 470 g/mol. The molecule has 0 radical (unpaired) electrons. The van der Waals surface area contributed by atoms with Crippen LogP contribution in [0, 0.1) is 5.82 Å². The van der Waals surface area contributed by atoms with E-state index >= 15 is 0 Å². The predicted octanol–water partition coefficient (Wildman–Crippen LogP) is 4.29. The lowest BCUT2D eigenvalue weighted by molar-refractivity contribution is -0.120. The van der Waals surface area contributed by atoms with E-state index in [2.05, 4.69) is 15.3 Å². The van der Waals surface area contributed by atoms with Gasteiger partial charge in [0.25, 0.3) is 5.91 Å². The highest BCUT2D eigenvalue weighted by Gasteiger charge is 2.20. The zero-order valence-corrected chi connectivity index (χ0v) is 18.7. The van der Waals surface area contributed by atoms with Crippen LogP contribution in [0.4, 0.5) is 4.39 Å². The Hall–Kier alpha value is -4.59. The molecule has 2 heterocycles. The number of hydrogen-bond donors (Lipinski definition) is 2. The van der Waals surface area contributed by atoms with Gasteiger partial charge in [0.2, 0.25) is 5.91 Å². The Bertz CT molecular complexity index is 1300. The second kappa shape index (κ2) is 11.0. The fraction of sp³-hybridized carbons (Fsp3) is 0.111. The maximum atomic E-state index is 13.1. The molecule has 4 rings (SSSR count). The van der Waals surface area contributed by atoms with Gasteiger partial charge < -0.3 is 15.8 Å². The van der Waals surface area contributed by atoms with Crippen LogP contribution in [0.3, 0.4) is 0 Å². The Labute approximate surface area is 201 Å². The summed E-state index contributed by atoms with van der Waals surface area (Å²) in [4.78, 5) is 33.2. The number of ether oxygens (including phenoxy) is 1. The van der Waals surface area contributed by atoms with Crippen molar-refractivity contribution < 1.29 is 18.7 Å². The number of carbonyl (C=O) groups excluding carboxylic acids is 2. The van der Waals surface area contributed by atoms with Crippen molar-refractivity contribution in [3.05, 3.63) is 108 Å². The largest absolute Gasteiger partial charge is 0.457 e. The molecule has 2 amide bonds. The molecule has 1 atom stereocenters. The van der Waals surface area contributed by atoms with Crippen LogP contribution in [0.2, 0.25) is 0 Å². The fourth-order valence-corrected chi connectivity index (χ4v) is 3.43. The number of carbonyl (C=O) groups is 2. The zero-order valence-electron chi connectivity index (χ0n) is 18.7. The van der Waals surface area contributed by atoms with E-state index in [1.165, 1.54) is 12.1 Å². The molecule has 0 aliphatic carbocycles. The molecule has 176 valence electrons. The molecule has 4 aromatic rings. The third-order valence-corrected chi connectivity index (χ3v) is 5.27. The third-order valence-electron chi connectivity index (χ3n) is 5.27. The highest BCUT2D eigenvalue weighted by Crippen LogP contribution is 2.25. The minimum absolute atomic E-state index is 0.168. The zero-order chi connectivity index (χ0) is 24.6. The Balaban J connectivity index is 1.42. The Kier molecular flexibility index (Phi) is 7.42. The number of aromatic nitrogens is 2. The van der Waals surface area contributed by atoms with E-state index in [0.717, 1.165) is 11.1 Å². The molecule has 0 bridgehead atoms. The molecular formula is C27H23FN4O3. The summed E-state index contributed by atoms with van der Waals surface area (Å²) in [5.41, 5.74) is 7.97. The van der Waals surface area contributed by atoms with Gasteiger partial charge in [-0.1, -0.05) is 12.1 Å². The van der Waals surface area contributed by atoms with Gasteiger partial charge in [-0.2, -0.15) is 0 Å². The number of benzene rings is 2. The van der Waals surface area contributed by atoms with Crippen LogP contribution in [0.25, 0.3) is 11.3 Å².